The Hall–Kier alpha value is -1.32. The molecule has 4 nitrogen and oxygen atoms in total. The van der Waals surface area contributed by atoms with E-state index < -0.39 is 0 Å². The van der Waals surface area contributed by atoms with Gasteiger partial charge in [0.2, 0.25) is 11.9 Å². The van der Waals surface area contributed by atoms with E-state index in [-0.39, 0.29) is 11.8 Å². The predicted octanol–water partition coefficient (Wildman–Crippen LogP) is 1.54. The molecule has 1 aromatic heterocycles. The van der Waals surface area contributed by atoms with Crippen LogP contribution < -0.4 is 5.32 Å². The summed E-state index contributed by atoms with van der Waals surface area (Å²) in [4.78, 5) is 18.3. The van der Waals surface area contributed by atoms with Crippen LogP contribution in [0.2, 0.25) is 0 Å². The van der Waals surface area contributed by atoms with Gasteiger partial charge < -0.3 is 4.98 Å². The number of aromatic amines is 1. The normalized spacial score (nSPS) is 17.5. The number of rotatable bonds is 2. The average Bonchev–Trinajstić information content (AvgIpc) is 2.74. The Labute approximate surface area is 76.8 Å². The van der Waals surface area contributed by atoms with Gasteiger partial charge >= 0.3 is 0 Å². The number of hydrogen-bond acceptors (Lipinski definition) is 2. The first-order valence-corrected chi connectivity index (χ1v) is 4.66. The summed E-state index contributed by atoms with van der Waals surface area (Å²) in [5.74, 6) is 0.856. The topological polar surface area (TPSA) is 57.8 Å². The molecule has 0 aliphatic heterocycles. The molecule has 1 aromatic rings. The molecule has 1 aliphatic carbocycles. The smallest absolute Gasteiger partial charge is 0.229 e. The lowest BCUT2D eigenvalue weighted by molar-refractivity contribution is -0.119. The minimum atomic E-state index is 0.104. The molecular weight excluding hydrogens is 166 g/mol. The fraction of sp³-hybridized carbons (Fsp3) is 0.556. The molecule has 1 saturated carbocycles. The Morgan fingerprint density at radius 2 is 2.31 bits per heavy atom. The summed E-state index contributed by atoms with van der Waals surface area (Å²) in [6.07, 6.45) is 7.72. The highest BCUT2D eigenvalue weighted by molar-refractivity contribution is 5.91. The van der Waals surface area contributed by atoms with Crippen LogP contribution in [-0.4, -0.2) is 15.9 Å². The number of hydrogen-bond donors (Lipinski definition) is 2. The number of nitrogens with zero attached hydrogens (tertiary/aromatic N) is 1. The molecule has 4 heteroatoms. The number of H-pyrrole nitrogens is 1. The summed E-state index contributed by atoms with van der Waals surface area (Å²) >= 11 is 0. The van der Waals surface area contributed by atoms with Crippen LogP contribution in [-0.2, 0) is 4.79 Å². The highest BCUT2D eigenvalue weighted by Crippen LogP contribution is 2.25. The molecule has 0 radical (unpaired) electrons. The van der Waals surface area contributed by atoms with Crippen LogP contribution in [0.1, 0.15) is 25.7 Å². The molecule has 1 amide bonds. The summed E-state index contributed by atoms with van der Waals surface area (Å²) in [5.41, 5.74) is 0. The van der Waals surface area contributed by atoms with E-state index in [1.54, 1.807) is 12.4 Å². The van der Waals surface area contributed by atoms with Gasteiger partial charge in [-0.3, -0.25) is 10.1 Å². The second kappa shape index (κ2) is 3.60. The van der Waals surface area contributed by atoms with Crippen molar-refractivity contribution in [2.45, 2.75) is 25.7 Å². The molecule has 0 saturated heterocycles. The van der Waals surface area contributed by atoms with Crippen LogP contribution in [0.3, 0.4) is 0 Å². The summed E-state index contributed by atoms with van der Waals surface area (Å²) in [6, 6.07) is 0. The Morgan fingerprint density at radius 3 is 2.92 bits per heavy atom. The van der Waals surface area contributed by atoms with Gasteiger partial charge in [-0.15, -0.1) is 0 Å². The second-order valence-electron chi connectivity index (χ2n) is 3.41. The monoisotopic (exact) mass is 179 g/mol. The fourth-order valence-electron chi connectivity index (χ4n) is 1.74. The SMILES string of the molecule is O=C(Nc1ncc[nH]1)C1CCCC1. The maximum absolute atomic E-state index is 11.5. The summed E-state index contributed by atoms with van der Waals surface area (Å²) in [5, 5.41) is 2.76. The van der Waals surface area contributed by atoms with E-state index in [1.807, 2.05) is 0 Å². The first kappa shape index (κ1) is 8.29. The van der Waals surface area contributed by atoms with Gasteiger partial charge in [0.25, 0.3) is 0 Å². The average molecular weight is 179 g/mol. The summed E-state index contributed by atoms with van der Waals surface area (Å²) in [7, 11) is 0. The van der Waals surface area contributed by atoms with Crippen LogP contribution in [0.15, 0.2) is 12.4 Å². The van der Waals surface area contributed by atoms with Gasteiger partial charge in [-0.05, 0) is 12.8 Å². The number of amides is 1. The number of nitrogens with one attached hydrogen (secondary N) is 2. The lowest BCUT2D eigenvalue weighted by Gasteiger charge is -2.07. The van der Waals surface area contributed by atoms with Gasteiger partial charge in [0.15, 0.2) is 0 Å². The number of aromatic nitrogens is 2. The molecule has 0 atom stereocenters. The van der Waals surface area contributed by atoms with E-state index in [1.165, 1.54) is 12.8 Å². The number of carbonyl (C=O) groups excluding carboxylic acids is 1. The molecule has 1 aliphatic rings. The number of anilines is 1. The third kappa shape index (κ3) is 1.88. The Balaban J connectivity index is 1.91. The molecule has 13 heavy (non-hydrogen) atoms. The Bertz CT molecular complexity index is 275. The lowest BCUT2D eigenvalue weighted by Crippen LogP contribution is -2.20. The molecular formula is C9H13N3O. The Morgan fingerprint density at radius 1 is 1.54 bits per heavy atom. The maximum Gasteiger partial charge on any atom is 0.229 e. The van der Waals surface area contributed by atoms with Gasteiger partial charge in [-0.2, -0.15) is 0 Å². The fourth-order valence-corrected chi connectivity index (χ4v) is 1.74. The van der Waals surface area contributed by atoms with Gasteiger partial charge in [0, 0.05) is 18.3 Å². The van der Waals surface area contributed by atoms with E-state index in [0.29, 0.717) is 5.95 Å². The van der Waals surface area contributed by atoms with Crippen LogP contribution in [0.4, 0.5) is 5.95 Å². The van der Waals surface area contributed by atoms with Crippen LogP contribution in [0.25, 0.3) is 0 Å². The molecule has 0 spiro atoms. The van der Waals surface area contributed by atoms with Gasteiger partial charge in [0.05, 0.1) is 0 Å². The molecule has 0 unspecified atom stereocenters. The van der Waals surface area contributed by atoms with E-state index in [9.17, 15) is 4.79 Å². The number of carbonyl (C=O) groups is 1. The number of imidazole rings is 1. The van der Waals surface area contributed by atoms with Gasteiger partial charge in [-0.25, -0.2) is 4.98 Å². The highest BCUT2D eigenvalue weighted by atomic mass is 16.2. The largest absolute Gasteiger partial charge is 0.331 e. The van der Waals surface area contributed by atoms with E-state index >= 15 is 0 Å². The second-order valence-corrected chi connectivity index (χ2v) is 3.41. The zero-order valence-electron chi connectivity index (χ0n) is 7.42. The summed E-state index contributed by atoms with van der Waals surface area (Å²) < 4.78 is 0. The molecule has 0 aromatic carbocycles. The van der Waals surface area contributed by atoms with Crippen molar-refractivity contribution in [1.29, 1.82) is 0 Å². The molecule has 2 N–H and O–H groups in total. The van der Waals surface area contributed by atoms with E-state index in [4.69, 9.17) is 0 Å². The standard InChI is InChI=1S/C9H13N3O/c13-8(7-3-1-2-4-7)12-9-10-5-6-11-9/h5-7H,1-4H2,(H2,10,11,12,13). The molecule has 0 bridgehead atoms. The van der Waals surface area contributed by atoms with Crippen molar-refractivity contribution in [2.24, 2.45) is 5.92 Å². The zero-order valence-corrected chi connectivity index (χ0v) is 7.42. The first-order chi connectivity index (χ1) is 6.36. The van der Waals surface area contributed by atoms with Crippen molar-refractivity contribution >= 4 is 11.9 Å². The van der Waals surface area contributed by atoms with Crippen LogP contribution in [0, 0.1) is 5.92 Å². The van der Waals surface area contributed by atoms with Crippen molar-refractivity contribution in [3.05, 3.63) is 12.4 Å². The van der Waals surface area contributed by atoms with Crippen LogP contribution >= 0.6 is 0 Å². The highest BCUT2D eigenvalue weighted by Gasteiger charge is 2.22. The minimum Gasteiger partial charge on any atom is -0.331 e. The minimum absolute atomic E-state index is 0.104. The predicted molar refractivity (Wildman–Crippen MR) is 49.2 cm³/mol. The maximum atomic E-state index is 11.5. The third-order valence-corrected chi connectivity index (χ3v) is 2.47. The van der Waals surface area contributed by atoms with E-state index in [2.05, 4.69) is 15.3 Å². The molecule has 70 valence electrons. The zero-order chi connectivity index (χ0) is 9.10. The Kier molecular flexibility index (Phi) is 2.29. The summed E-state index contributed by atoms with van der Waals surface area (Å²) in [6.45, 7) is 0. The van der Waals surface area contributed by atoms with Crippen molar-refractivity contribution < 1.29 is 4.79 Å². The molecule has 1 heterocycles. The first-order valence-electron chi connectivity index (χ1n) is 4.66. The van der Waals surface area contributed by atoms with Crippen molar-refractivity contribution in [1.82, 2.24) is 9.97 Å². The van der Waals surface area contributed by atoms with Crippen LogP contribution in [0.5, 0.6) is 0 Å². The third-order valence-electron chi connectivity index (χ3n) is 2.47. The molecule has 1 fully saturated rings. The molecule has 2 rings (SSSR count). The van der Waals surface area contributed by atoms with Crippen molar-refractivity contribution in [3.8, 4) is 0 Å². The van der Waals surface area contributed by atoms with Crippen molar-refractivity contribution in [3.63, 3.8) is 0 Å². The lowest BCUT2D eigenvalue weighted by atomic mass is 10.1. The van der Waals surface area contributed by atoms with E-state index in [0.717, 1.165) is 12.8 Å². The van der Waals surface area contributed by atoms with Crippen molar-refractivity contribution in [2.75, 3.05) is 5.32 Å². The van der Waals surface area contributed by atoms with Gasteiger partial charge in [-0.1, -0.05) is 12.8 Å². The quantitative estimate of drug-likeness (QED) is 0.723. The van der Waals surface area contributed by atoms with Gasteiger partial charge in [0.1, 0.15) is 0 Å².